The summed E-state index contributed by atoms with van der Waals surface area (Å²) in [6.07, 6.45) is 1.51. The van der Waals surface area contributed by atoms with Crippen molar-refractivity contribution in [2.75, 3.05) is 5.32 Å². The fourth-order valence-electron chi connectivity index (χ4n) is 1.22. The lowest BCUT2D eigenvalue weighted by Gasteiger charge is -2.08. The molecule has 0 amide bonds. The summed E-state index contributed by atoms with van der Waals surface area (Å²) in [5.74, 6) is -1.08. The maximum atomic E-state index is 13.3. The average Bonchev–Trinajstić information content (AvgIpc) is 2.27. The first-order valence-corrected chi connectivity index (χ1v) is 4.87. The Kier molecular flexibility index (Phi) is 3.01. The van der Waals surface area contributed by atoms with Crippen LogP contribution in [-0.2, 0) is 0 Å². The summed E-state index contributed by atoms with van der Waals surface area (Å²) < 4.78 is 26.2. The summed E-state index contributed by atoms with van der Waals surface area (Å²) in [4.78, 5) is 3.81. The van der Waals surface area contributed by atoms with E-state index in [1.807, 2.05) is 0 Å². The van der Waals surface area contributed by atoms with Crippen LogP contribution >= 0.6 is 11.6 Å². The molecule has 16 heavy (non-hydrogen) atoms. The third-order valence-corrected chi connectivity index (χ3v) is 2.26. The molecule has 0 fully saturated rings. The standard InChI is InChI=1S/C11H7ClF2N2/c12-11-9(2-1-5-15-11)16-10-6-7(13)3-4-8(10)14/h1-6,16H. The van der Waals surface area contributed by atoms with Crippen molar-refractivity contribution in [1.82, 2.24) is 4.98 Å². The van der Waals surface area contributed by atoms with E-state index < -0.39 is 11.6 Å². The minimum Gasteiger partial charge on any atom is -0.351 e. The van der Waals surface area contributed by atoms with Crippen molar-refractivity contribution in [2.24, 2.45) is 0 Å². The quantitative estimate of drug-likeness (QED) is 0.809. The van der Waals surface area contributed by atoms with Gasteiger partial charge >= 0.3 is 0 Å². The molecule has 1 aromatic heterocycles. The van der Waals surface area contributed by atoms with E-state index >= 15 is 0 Å². The summed E-state index contributed by atoms with van der Waals surface area (Å²) in [5, 5.41) is 2.87. The molecule has 2 aromatic rings. The maximum Gasteiger partial charge on any atom is 0.152 e. The van der Waals surface area contributed by atoms with Gasteiger partial charge in [0.2, 0.25) is 0 Å². The number of nitrogens with one attached hydrogen (secondary N) is 1. The molecule has 1 heterocycles. The van der Waals surface area contributed by atoms with E-state index in [4.69, 9.17) is 11.6 Å². The van der Waals surface area contributed by atoms with Gasteiger partial charge in [-0.25, -0.2) is 13.8 Å². The second-order valence-electron chi connectivity index (χ2n) is 3.09. The Balaban J connectivity index is 2.34. The molecule has 0 aliphatic heterocycles. The number of hydrogen-bond acceptors (Lipinski definition) is 2. The van der Waals surface area contributed by atoms with E-state index in [1.165, 1.54) is 6.20 Å². The van der Waals surface area contributed by atoms with E-state index in [1.54, 1.807) is 12.1 Å². The first kappa shape index (κ1) is 10.8. The van der Waals surface area contributed by atoms with Gasteiger partial charge in [-0.15, -0.1) is 0 Å². The van der Waals surface area contributed by atoms with Crippen LogP contribution in [0.1, 0.15) is 0 Å². The molecule has 0 unspecified atom stereocenters. The van der Waals surface area contributed by atoms with E-state index in [2.05, 4.69) is 10.3 Å². The second-order valence-corrected chi connectivity index (χ2v) is 3.45. The van der Waals surface area contributed by atoms with Crippen LogP contribution in [0.2, 0.25) is 5.15 Å². The zero-order chi connectivity index (χ0) is 11.5. The van der Waals surface area contributed by atoms with Crippen molar-refractivity contribution in [3.8, 4) is 0 Å². The molecule has 0 aliphatic carbocycles. The fraction of sp³-hybridized carbons (Fsp3) is 0. The summed E-state index contributed by atoms with van der Waals surface area (Å²) in [6, 6.07) is 6.41. The lowest BCUT2D eigenvalue weighted by Crippen LogP contribution is -1.96. The molecule has 5 heteroatoms. The lowest BCUT2D eigenvalue weighted by molar-refractivity contribution is 0.603. The van der Waals surface area contributed by atoms with Crippen LogP contribution < -0.4 is 5.32 Å². The predicted octanol–water partition coefficient (Wildman–Crippen LogP) is 3.76. The van der Waals surface area contributed by atoms with E-state index in [-0.39, 0.29) is 10.8 Å². The van der Waals surface area contributed by atoms with E-state index in [0.29, 0.717) is 5.69 Å². The third-order valence-electron chi connectivity index (χ3n) is 1.96. The maximum absolute atomic E-state index is 13.3. The normalized spacial score (nSPS) is 10.2. The minimum absolute atomic E-state index is 0.0231. The number of anilines is 2. The van der Waals surface area contributed by atoms with Gasteiger partial charge in [-0.05, 0) is 24.3 Å². The Morgan fingerprint density at radius 1 is 1.12 bits per heavy atom. The minimum atomic E-state index is -0.554. The zero-order valence-corrected chi connectivity index (χ0v) is 8.80. The van der Waals surface area contributed by atoms with Gasteiger partial charge in [0.15, 0.2) is 5.15 Å². The number of rotatable bonds is 2. The van der Waals surface area contributed by atoms with Gasteiger partial charge in [-0.1, -0.05) is 11.6 Å². The molecule has 2 rings (SSSR count). The monoisotopic (exact) mass is 240 g/mol. The molecule has 0 saturated heterocycles. The molecule has 0 bridgehead atoms. The molecule has 0 saturated carbocycles. The molecule has 0 aliphatic rings. The summed E-state index contributed by atoms with van der Waals surface area (Å²) in [5.41, 5.74) is 0.448. The van der Waals surface area contributed by atoms with Crippen LogP contribution in [0.25, 0.3) is 0 Å². The van der Waals surface area contributed by atoms with Crippen molar-refractivity contribution >= 4 is 23.0 Å². The van der Waals surface area contributed by atoms with Gasteiger partial charge in [-0.3, -0.25) is 0 Å². The molecule has 0 spiro atoms. The highest BCUT2D eigenvalue weighted by Gasteiger charge is 2.06. The molecule has 0 atom stereocenters. The smallest absolute Gasteiger partial charge is 0.152 e. The number of nitrogens with zero attached hydrogens (tertiary/aromatic N) is 1. The van der Waals surface area contributed by atoms with Crippen LogP contribution in [0.4, 0.5) is 20.2 Å². The van der Waals surface area contributed by atoms with Crippen molar-refractivity contribution in [1.29, 1.82) is 0 Å². The highest BCUT2D eigenvalue weighted by molar-refractivity contribution is 6.32. The predicted molar refractivity (Wildman–Crippen MR) is 58.9 cm³/mol. The van der Waals surface area contributed by atoms with Crippen molar-refractivity contribution in [2.45, 2.75) is 0 Å². The van der Waals surface area contributed by atoms with Crippen LogP contribution in [0.5, 0.6) is 0 Å². The highest BCUT2D eigenvalue weighted by Crippen LogP contribution is 2.25. The van der Waals surface area contributed by atoms with Crippen LogP contribution in [-0.4, -0.2) is 4.98 Å². The molecule has 2 nitrogen and oxygen atoms in total. The Hall–Kier alpha value is -1.68. The molecule has 1 N–H and O–H groups in total. The summed E-state index contributed by atoms with van der Waals surface area (Å²) >= 11 is 5.78. The SMILES string of the molecule is Fc1ccc(F)c(Nc2cccnc2Cl)c1. The molecule has 82 valence electrons. The highest BCUT2D eigenvalue weighted by atomic mass is 35.5. The first-order valence-electron chi connectivity index (χ1n) is 4.49. The summed E-state index contributed by atoms with van der Waals surface area (Å²) in [7, 11) is 0. The van der Waals surface area contributed by atoms with Gasteiger partial charge in [-0.2, -0.15) is 0 Å². The topological polar surface area (TPSA) is 24.9 Å². The fourth-order valence-corrected chi connectivity index (χ4v) is 1.38. The number of pyridine rings is 1. The van der Waals surface area contributed by atoms with Gasteiger partial charge < -0.3 is 5.32 Å². The molecule has 1 aromatic carbocycles. The molecular formula is C11H7ClF2N2. The first-order chi connectivity index (χ1) is 7.66. The van der Waals surface area contributed by atoms with Gasteiger partial charge in [0.1, 0.15) is 11.6 Å². The number of hydrogen-bond donors (Lipinski definition) is 1. The van der Waals surface area contributed by atoms with Gasteiger partial charge in [0.05, 0.1) is 11.4 Å². The van der Waals surface area contributed by atoms with Crippen molar-refractivity contribution < 1.29 is 8.78 Å². The molecular weight excluding hydrogens is 234 g/mol. The Morgan fingerprint density at radius 3 is 2.69 bits per heavy atom. The Morgan fingerprint density at radius 2 is 1.94 bits per heavy atom. The van der Waals surface area contributed by atoms with Crippen LogP contribution in [0.3, 0.4) is 0 Å². The lowest BCUT2D eigenvalue weighted by atomic mass is 10.3. The number of benzene rings is 1. The summed E-state index contributed by atoms with van der Waals surface area (Å²) in [6.45, 7) is 0. The van der Waals surface area contributed by atoms with Crippen LogP contribution in [0, 0.1) is 11.6 Å². The second kappa shape index (κ2) is 4.45. The van der Waals surface area contributed by atoms with Gasteiger partial charge in [0, 0.05) is 12.3 Å². The van der Waals surface area contributed by atoms with Crippen LogP contribution in [0.15, 0.2) is 36.5 Å². The number of halogens is 3. The largest absolute Gasteiger partial charge is 0.351 e. The van der Waals surface area contributed by atoms with Gasteiger partial charge in [0.25, 0.3) is 0 Å². The van der Waals surface area contributed by atoms with E-state index in [0.717, 1.165) is 18.2 Å². The average molecular weight is 241 g/mol. The molecule has 0 radical (unpaired) electrons. The van der Waals surface area contributed by atoms with Crippen molar-refractivity contribution in [3.63, 3.8) is 0 Å². The number of aromatic nitrogens is 1. The third kappa shape index (κ3) is 2.28. The zero-order valence-electron chi connectivity index (χ0n) is 8.05. The Labute approximate surface area is 95.9 Å². The van der Waals surface area contributed by atoms with Crippen molar-refractivity contribution in [3.05, 3.63) is 53.3 Å². The Bertz CT molecular complexity index is 517. The van der Waals surface area contributed by atoms with E-state index in [9.17, 15) is 8.78 Å².